The molecule has 1 aliphatic rings. The van der Waals surface area contributed by atoms with E-state index in [1.807, 2.05) is 0 Å². The highest BCUT2D eigenvalue weighted by molar-refractivity contribution is 7.91. The van der Waals surface area contributed by atoms with E-state index in [9.17, 15) is 22.4 Å². The Morgan fingerprint density at radius 3 is 2.50 bits per heavy atom. The van der Waals surface area contributed by atoms with Crippen molar-refractivity contribution in [3.63, 3.8) is 0 Å². The maximum absolute atomic E-state index is 13.6. The van der Waals surface area contributed by atoms with E-state index >= 15 is 0 Å². The van der Waals surface area contributed by atoms with E-state index in [1.165, 1.54) is 13.0 Å². The van der Waals surface area contributed by atoms with Crippen molar-refractivity contribution in [2.75, 3.05) is 12.4 Å². The molecule has 2 amide bonds. The predicted molar refractivity (Wildman–Crippen MR) is 108 cm³/mol. The van der Waals surface area contributed by atoms with Crippen LogP contribution in [-0.4, -0.2) is 32.8 Å². The second-order valence-electron chi connectivity index (χ2n) is 6.72. The standard InChI is InChI=1S/C21H21FN2O5S/c1-3-29-20(25)18-17(12-30(27,28)15-9-10-16(22)13(2)11-15)23-21(26)24-19(18)14-7-5-4-6-8-14/h4-11,19H,3,12H2,1-2H3,(H2,23,24,26)/t19-/m1/s1. The quantitative estimate of drug-likeness (QED) is 0.540. The number of ether oxygens (including phenoxy) is 1. The third-order valence-corrected chi connectivity index (χ3v) is 6.25. The molecule has 0 fully saturated rings. The van der Waals surface area contributed by atoms with Crippen molar-refractivity contribution in [3.05, 3.63) is 76.7 Å². The second kappa shape index (κ2) is 8.66. The number of rotatable bonds is 6. The Morgan fingerprint density at radius 1 is 1.17 bits per heavy atom. The summed E-state index contributed by atoms with van der Waals surface area (Å²) in [6, 6.07) is 10.6. The molecule has 7 nitrogen and oxygen atoms in total. The molecule has 3 rings (SSSR count). The number of aryl methyl sites for hydroxylation is 1. The van der Waals surface area contributed by atoms with E-state index in [2.05, 4.69) is 10.6 Å². The fourth-order valence-corrected chi connectivity index (χ4v) is 4.57. The van der Waals surface area contributed by atoms with Crippen LogP contribution >= 0.6 is 0 Å². The van der Waals surface area contributed by atoms with Crippen LogP contribution in [0.25, 0.3) is 0 Å². The molecule has 0 saturated heterocycles. The van der Waals surface area contributed by atoms with E-state index in [-0.39, 0.29) is 28.3 Å². The molecule has 1 aliphatic heterocycles. The van der Waals surface area contributed by atoms with Crippen molar-refractivity contribution >= 4 is 21.8 Å². The van der Waals surface area contributed by atoms with Crippen LogP contribution in [0.15, 0.2) is 64.7 Å². The van der Waals surface area contributed by atoms with Gasteiger partial charge in [-0.15, -0.1) is 0 Å². The van der Waals surface area contributed by atoms with E-state index < -0.39 is 39.4 Å². The van der Waals surface area contributed by atoms with Crippen LogP contribution in [-0.2, 0) is 19.4 Å². The molecule has 0 aromatic heterocycles. The smallest absolute Gasteiger partial charge is 0.338 e. The minimum Gasteiger partial charge on any atom is -0.463 e. The van der Waals surface area contributed by atoms with Gasteiger partial charge in [-0.1, -0.05) is 30.3 Å². The van der Waals surface area contributed by atoms with Crippen molar-refractivity contribution < 1.29 is 27.1 Å². The predicted octanol–water partition coefficient (Wildman–Crippen LogP) is 2.78. The van der Waals surface area contributed by atoms with Gasteiger partial charge >= 0.3 is 12.0 Å². The highest BCUT2D eigenvalue weighted by atomic mass is 32.2. The molecule has 2 aromatic carbocycles. The van der Waals surface area contributed by atoms with Gasteiger partial charge in [0.05, 0.1) is 28.9 Å². The van der Waals surface area contributed by atoms with Gasteiger partial charge in [0.15, 0.2) is 9.84 Å². The zero-order valence-corrected chi connectivity index (χ0v) is 17.3. The van der Waals surface area contributed by atoms with Crippen molar-refractivity contribution in [1.29, 1.82) is 0 Å². The number of urea groups is 1. The number of carbonyl (C=O) groups is 2. The summed E-state index contributed by atoms with van der Waals surface area (Å²) in [5, 5.41) is 5.07. The van der Waals surface area contributed by atoms with Crippen LogP contribution < -0.4 is 10.6 Å². The number of amides is 2. The molecule has 0 saturated carbocycles. The van der Waals surface area contributed by atoms with E-state index in [0.717, 1.165) is 12.1 Å². The van der Waals surface area contributed by atoms with Crippen LogP contribution in [0.5, 0.6) is 0 Å². The Kier molecular flexibility index (Phi) is 6.21. The van der Waals surface area contributed by atoms with Crippen molar-refractivity contribution in [3.8, 4) is 0 Å². The van der Waals surface area contributed by atoms with Crippen LogP contribution in [0.3, 0.4) is 0 Å². The monoisotopic (exact) mass is 432 g/mol. The maximum Gasteiger partial charge on any atom is 0.338 e. The summed E-state index contributed by atoms with van der Waals surface area (Å²) in [7, 11) is -3.98. The number of nitrogens with one attached hydrogen (secondary N) is 2. The molecule has 0 unspecified atom stereocenters. The van der Waals surface area contributed by atoms with E-state index in [4.69, 9.17) is 4.74 Å². The number of sulfone groups is 1. The van der Waals surface area contributed by atoms with Gasteiger partial charge in [-0.05, 0) is 43.2 Å². The molecular weight excluding hydrogens is 411 g/mol. The topological polar surface area (TPSA) is 102 Å². The fourth-order valence-electron chi connectivity index (χ4n) is 3.16. The van der Waals surface area contributed by atoms with Gasteiger partial charge in [0, 0.05) is 5.70 Å². The lowest BCUT2D eigenvalue weighted by molar-refractivity contribution is -0.139. The number of hydrogen-bond donors (Lipinski definition) is 2. The van der Waals surface area contributed by atoms with Crippen LogP contribution in [0, 0.1) is 12.7 Å². The maximum atomic E-state index is 13.6. The first-order valence-electron chi connectivity index (χ1n) is 9.24. The molecule has 0 spiro atoms. The number of esters is 1. The highest BCUT2D eigenvalue weighted by Crippen LogP contribution is 2.29. The van der Waals surface area contributed by atoms with Crippen molar-refractivity contribution in [2.45, 2.75) is 24.8 Å². The summed E-state index contributed by atoms with van der Waals surface area (Å²) in [4.78, 5) is 24.8. The molecule has 9 heteroatoms. The lowest BCUT2D eigenvalue weighted by Crippen LogP contribution is -2.47. The molecule has 1 heterocycles. The molecule has 2 aromatic rings. The normalized spacial score (nSPS) is 16.6. The largest absolute Gasteiger partial charge is 0.463 e. The van der Waals surface area contributed by atoms with Crippen LogP contribution in [0.4, 0.5) is 9.18 Å². The number of carbonyl (C=O) groups excluding carboxylic acids is 2. The zero-order chi connectivity index (χ0) is 21.9. The van der Waals surface area contributed by atoms with Gasteiger partial charge in [-0.25, -0.2) is 22.4 Å². The third kappa shape index (κ3) is 4.51. The van der Waals surface area contributed by atoms with Gasteiger partial charge in [0.1, 0.15) is 5.82 Å². The molecule has 2 N–H and O–H groups in total. The highest BCUT2D eigenvalue weighted by Gasteiger charge is 2.35. The summed E-state index contributed by atoms with van der Waals surface area (Å²) in [6.45, 7) is 3.16. The molecule has 0 aliphatic carbocycles. The zero-order valence-electron chi connectivity index (χ0n) is 16.4. The van der Waals surface area contributed by atoms with Gasteiger partial charge in [0.2, 0.25) is 0 Å². The van der Waals surface area contributed by atoms with Crippen LogP contribution in [0.1, 0.15) is 24.1 Å². The van der Waals surface area contributed by atoms with Gasteiger partial charge in [-0.3, -0.25) is 0 Å². The fraction of sp³-hybridized carbons (Fsp3) is 0.238. The average molecular weight is 432 g/mol. The Morgan fingerprint density at radius 2 is 1.87 bits per heavy atom. The Labute approximate surface area is 173 Å². The first-order chi connectivity index (χ1) is 14.2. The summed E-state index contributed by atoms with van der Waals surface area (Å²) < 4.78 is 44.6. The second-order valence-corrected chi connectivity index (χ2v) is 8.71. The number of benzene rings is 2. The summed E-state index contributed by atoms with van der Waals surface area (Å²) in [6.07, 6.45) is 0. The molecule has 0 bridgehead atoms. The third-order valence-electron chi connectivity index (χ3n) is 4.60. The van der Waals surface area contributed by atoms with Crippen molar-refractivity contribution in [2.24, 2.45) is 0 Å². The van der Waals surface area contributed by atoms with Gasteiger partial charge in [-0.2, -0.15) is 0 Å². The Bertz CT molecular complexity index is 1110. The molecule has 0 radical (unpaired) electrons. The van der Waals surface area contributed by atoms with E-state index in [0.29, 0.717) is 5.56 Å². The summed E-state index contributed by atoms with van der Waals surface area (Å²) in [5.41, 5.74) is 0.702. The Hall–Kier alpha value is -3.20. The molecule has 30 heavy (non-hydrogen) atoms. The molecule has 158 valence electrons. The first kappa shape index (κ1) is 21.5. The van der Waals surface area contributed by atoms with Gasteiger partial charge < -0.3 is 15.4 Å². The lowest BCUT2D eigenvalue weighted by atomic mass is 9.95. The first-order valence-corrected chi connectivity index (χ1v) is 10.9. The molecular formula is C21H21FN2O5S. The number of hydrogen-bond acceptors (Lipinski definition) is 5. The number of halogens is 1. The van der Waals surface area contributed by atoms with E-state index in [1.54, 1.807) is 37.3 Å². The van der Waals surface area contributed by atoms with Crippen molar-refractivity contribution in [1.82, 2.24) is 10.6 Å². The minimum absolute atomic E-state index is 0.00468. The van der Waals surface area contributed by atoms with Gasteiger partial charge in [0.25, 0.3) is 0 Å². The van der Waals surface area contributed by atoms with Crippen LogP contribution in [0.2, 0.25) is 0 Å². The summed E-state index contributed by atoms with van der Waals surface area (Å²) >= 11 is 0. The SMILES string of the molecule is CCOC(=O)C1=C(CS(=O)(=O)c2ccc(F)c(C)c2)NC(=O)N[C@@H]1c1ccccc1. The lowest BCUT2D eigenvalue weighted by Gasteiger charge is -2.29. The summed E-state index contributed by atoms with van der Waals surface area (Å²) in [5.74, 6) is -1.91. The average Bonchev–Trinajstić information content (AvgIpc) is 2.70. The Balaban J connectivity index is 2.09. The minimum atomic E-state index is -3.98. The molecule has 1 atom stereocenters.